The smallest absolute Gasteiger partial charge is 0.219 e. The summed E-state index contributed by atoms with van der Waals surface area (Å²) in [4.78, 5) is 11.0. The van der Waals surface area contributed by atoms with Crippen molar-refractivity contribution in [3.63, 3.8) is 0 Å². The van der Waals surface area contributed by atoms with Crippen molar-refractivity contribution in [2.45, 2.75) is 25.7 Å². The Hall–Kier alpha value is -0.0900. The van der Waals surface area contributed by atoms with E-state index in [4.69, 9.17) is 5.11 Å². The van der Waals surface area contributed by atoms with Gasteiger partial charge in [-0.2, -0.15) is 0 Å². The van der Waals surface area contributed by atoms with Gasteiger partial charge in [0.15, 0.2) is 0 Å². The number of halogens is 1. The van der Waals surface area contributed by atoms with Gasteiger partial charge in [0.1, 0.15) is 0 Å². The van der Waals surface area contributed by atoms with E-state index in [2.05, 4.69) is 21.2 Å². The molecule has 1 amide bonds. The van der Waals surface area contributed by atoms with Crippen LogP contribution >= 0.6 is 15.9 Å². The molecule has 3 nitrogen and oxygen atoms in total. The van der Waals surface area contributed by atoms with Crippen molar-refractivity contribution in [3.8, 4) is 0 Å². The lowest BCUT2D eigenvalue weighted by Gasteiger charge is -2.02. The average molecular weight is 238 g/mol. The zero-order valence-corrected chi connectivity index (χ0v) is 8.77. The maximum Gasteiger partial charge on any atom is 0.219 e. The minimum absolute atomic E-state index is 0.0874. The van der Waals surface area contributed by atoms with Gasteiger partial charge < -0.3 is 10.4 Å². The number of nitrogens with one attached hydrogen (secondary N) is 1. The van der Waals surface area contributed by atoms with Crippen molar-refractivity contribution in [2.75, 3.05) is 18.5 Å². The minimum Gasteiger partial charge on any atom is -0.396 e. The highest BCUT2D eigenvalue weighted by atomic mass is 79.9. The maximum atomic E-state index is 11.0. The molecular formula is C8H16BrNO2. The van der Waals surface area contributed by atoms with E-state index < -0.39 is 0 Å². The van der Waals surface area contributed by atoms with Crippen LogP contribution in [0.3, 0.4) is 0 Å². The van der Waals surface area contributed by atoms with Gasteiger partial charge in [0, 0.05) is 24.9 Å². The number of aliphatic hydroxyl groups is 1. The molecule has 0 unspecified atom stereocenters. The van der Waals surface area contributed by atoms with Crippen LogP contribution in [0.15, 0.2) is 0 Å². The fourth-order valence-electron chi connectivity index (χ4n) is 0.775. The first-order valence-corrected chi connectivity index (χ1v) is 5.37. The van der Waals surface area contributed by atoms with Crippen LogP contribution in [-0.4, -0.2) is 29.5 Å². The minimum atomic E-state index is 0.0874. The van der Waals surface area contributed by atoms with Crippen molar-refractivity contribution in [3.05, 3.63) is 0 Å². The van der Waals surface area contributed by atoms with Crippen molar-refractivity contribution in [2.24, 2.45) is 0 Å². The third-order valence-electron chi connectivity index (χ3n) is 1.44. The average Bonchev–Trinajstić information content (AvgIpc) is 2.06. The second-order valence-electron chi connectivity index (χ2n) is 2.57. The largest absolute Gasteiger partial charge is 0.396 e. The molecule has 0 radical (unpaired) electrons. The molecule has 0 spiro atoms. The van der Waals surface area contributed by atoms with Gasteiger partial charge in [0.25, 0.3) is 0 Å². The summed E-state index contributed by atoms with van der Waals surface area (Å²) in [5, 5.41) is 12.1. The van der Waals surface area contributed by atoms with Gasteiger partial charge in [-0.15, -0.1) is 0 Å². The van der Waals surface area contributed by atoms with E-state index in [9.17, 15) is 4.79 Å². The second kappa shape index (κ2) is 9.00. The number of aliphatic hydroxyl groups excluding tert-OH is 1. The van der Waals surface area contributed by atoms with Crippen LogP contribution in [0, 0.1) is 0 Å². The summed E-state index contributed by atoms with van der Waals surface area (Å²) in [5.74, 6) is 0.0874. The standard InChI is InChI=1S/C8H16BrNO2/c9-5-2-1-4-8(12)10-6-3-7-11/h11H,1-7H2,(H,10,12). The summed E-state index contributed by atoms with van der Waals surface area (Å²) >= 11 is 3.30. The Kier molecular flexibility index (Phi) is 8.93. The lowest BCUT2D eigenvalue weighted by Crippen LogP contribution is -2.24. The van der Waals surface area contributed by atoms with Crippen molar-refractivity contribution in [1.82, 2.24) is 5.32 Å². The van der Waals surface area contributed by atoms with Crippen LogP contribution in [0.25, 0.3) is 0 Å². The molecule has 0 aromatic heterocycles. The van der Waals surface area contributed by atoms with Gasteiger partial charge in [-0.25, -0.2) is 0 Å². The summed E-state index contributed by atoms with van der Waals surface area (Å²) in [6, 6.07) is 0. The normalized spacial score (nSPS) is 9.83. The monoisotopic (exact) mass is 237 g/mol. The first-order valence-electron chi connectivity index (χ1n) is 4.24. The number of hydrogen-bond acceptors (Lipinski definition) is 2. The number of alkyl halides is 1. The van der Waals surface area contributed by atoms with E-state index in [1.807, 2.05) is 0 Å². The summed E-state index contributed by atoms with van der Waals surface area (Å²) in [6.45, 7) is 0.728. The predicted molar refractivity (Wildman–Crippen MR) is 52.4 cm³/mol. The first kappa shape index (κ1) is 11.9. The third-order valence-corrected chi connectivity index (χ3v) is 2.01. The molecule has 12 heavy (non-hydrogen) atoms. The van der Waals surface area contributed by atoms with Crippen molar-refractivity contribution < 1.29 is 9.90 Å². The van der Waals surface area contributed by atoms with E-state index in [0.717, 1.165) is 18.2 Å². The Morgan fingerprint density at radius 2 is 2.08 bits per heavy atom. The van der Waals surface area contributed by atoms with Crippen LogP contribution in [-0.2, 0) is 4.79 Å². The molecule has 0 atom stereocenters. The number of carbonyl (C=O) groups excluding carboxylic acids is 1. The molecule has 0 bridgehead atoms. The highest BCUT2D eigenvalue weighted by molar-refractivity contribution is 9.09. The molecule has 72 valence electrons. The molecule has 0 aromatic carbocycles. The first-order chi connectivity index (χ1) is 5.81. The van der Waals surface area contributed by atoms with Crippen molar-refractivity contribution in [1.29, 1.82) is 0 Å². The second-order valence-corrected chi connectivity index (χ2v) is 3.37. The number of amides is 1. The van der Waals surface area contributed by atoms with E-state index in [-0.39, 0.29) is 12.5 Å². The van der Waals surface area contributed by atoms with E-state index in [1.165, 1.54) is 0 Å². The zero-order valence-electron chi connectivity index (χ0n) is 7.18. The van der Waals surface area contributed by atoms with Gasteiger partial charge in [0.2, 0.25) is 5.91 Å². The SMILES string of the molecule is O=C(CCCCBr)NCCCO. The van der Waals surface area contributed by atoms with Gasteiger partial charge in [-0.3, -0.25) is 4.79 Å². The highest BCUT2D eigenvalue weighted by Crippen LogP contribution is 1.97. The van der Waals surface area contributed by atoms with Gasteiger partial charge in [0.05, 0.1) is 0 Å². The van der Waals surface area contributed by atoms with Crippen molar-refractivity contribution >= 4 is 21.8 Å². The lowest BCUT2D eigenvalue weighted by molar-refractivity contribution is -0.121. The summed E-state index contributed by atoms with van der Waals surface area (Å²) in [6.07, 6.45) is 3.20. The number of rotatable bonds is 7. The topological polar surface area (TPSA) is 49.3 Å². The van der Waals surface area contributed by atoms with Gasteiger partial charge in [-0.05, 0) is 19.3 Å². The zero-order chi connectivity index (χ0) is 9.23. The van der Waals surface area contributed by atoms with Crippen LogP contribution in [0.1, 0.15) is 25.7 Å². The molecule has 0 aliphatic carbocycles. The fraction of sp³-hybridized carbons (Fsp3) is 0.875. The predicted octanol–water partition coefficient (Wildman–Crippen LogP) is 1.05. The lowest BCUT2D eigenvalue weighted by atomic mass is 10.2. The van der Waals surface area contributed by atoms with Crippen LogP contribution in [0.5, 0.6) is 0 Å². The molecule has 0 rings (SSSR count). The molecule has 0 saturated carbocycles. The van der Waals surface area contributed by atoms with Crippen LogP contribution in [0.2, 0.25) is 0 Å². The molecular weight excluding hydrogens is 222 g/mol. The molecule has 0 aromatic rings. The summed E-state index contributed by atoms with van der Waals surface area (Å²) < 4.78 is 0. The maximum absolute atomic E-state index is 11.0. The molecule has 0 fully saturated rings. The Morgan fingerprint density at radius 1 is 1.33 bits per heavy atom. The third kappa shape index (κ3) is 8.01. The number of unbranched alkanes of at least 4 members (excludes halogenated alkanes) is 1. The van der Waals surface area contributed by atoms with Crippen LogP contribution < -0.4 is 5.32 Å². The molecule has 0 heterocycles. The van der Waals surface area contributed by atoms with Gasteiger partial charge >= 0.3 is 0 Å². The van der Waals surface area contributed by atoms with E-state index >= 15 is 0 Å². The summed E-state index contributed by atoms with van der Waals surface area (Å²) in [7, 11) is 0. The molecule has 0 aliphatic heterocycles. The Labute approximate surface area is 81.7 Å². The Balaban J connectivity index is 3.10. The molecule has 4 heteroatoms. The van der Waals surface area contributed by atoms with E-state index in [0.29, 0.717) is 19.4 Å². The number of carbonyl (C=O) groups is 1. The highest BCUT2D eigenvalue weighted by Gasteiger charge is 1.98. The van der Waals surface area contributed by atoms with E-state index in [1.54, 1.807) is 0 Å². The molecule has 0 saturated heterocycles. The van der Waals surface area contributed by atoms with Crippen LogP contribution in [0.4, 0.5) is 0 Å². The van der Waals surface area contributed by atoms with Gasteiger partial charge in [-0.1, -0.05) is 15.9 Å². The Morgan fingerprint density at radius 3 is 2.67 bits per heavy atom. The fourth-order valence-corrected chi connectivity index (χ4v) is 1.17. The molecule has 0 aliphatic rings. The Bertz CT molecular complexity index is 108. The quantitative estimate of drug-likeness (QED) is 0.514. The number of hydrogen-bond donors (Lipinski definition) is 2. The molecule has 2 N–H and O–H groups in total. The summed E-state index contributed by atoms with van der Waals surface area (Å²) in [5.41, 5.74) is 0.